The molecule has 0 bridgehead atoms. The number of hydrogen-bond donors (Lipinski definition) is 2. The average Bonchev–Trinajstić information content (AvgIpc) is 2.25. The summed E-state index contributed by atoms with van der Waals surface area (Å²) in [5.74, 6) is 0. The Kier molecular flexibility index (Phi) is 4.20. The largest absolute Gasteiger partial charge is 0.324 e. The standard InChI is InChI=1S/C12H19N3O2/c1-9(14-8-12(2,3)13)10-5-4-6-11(7-10)15(16)17/h4-7,9,14H,8,13H2,1-3H3. The number of nitrogens with one attached hydrogen (secondary N) is 1. The first-order chi connectivity index (χ1) is 7.79. The van der Waals surface area contributed by atoms with Gasteiger partial charge in [-0.15, -0.1) is 0 Å². The lowest BCUT2D eigenvalue weighted by Crippen LogP contribution is -2.43. The van der Waals surface area contributed by atoms with Crippen LogP contribution in [0, 0.1) is 10.1 Å². The molecule has 0 heterocycles. The van der Waals surface area contributed by atoms with E-state index >= 15 is 0 Å². The van der Waals surface area contributed by atoms with Gasteiger partial charge in [0.05, 0.1) is 4.92 Å². The fraction of sp³-hybridized carbons (Fsp3) is 0.500. The zero-order valence-electron chi connectivity index (χ0n) is 10.4. The Bertz CT molecular complexity index is 399. The summed E-state index contributed by atoms with van der Waals surface area (Å²) in [4.78, 5) is 10.3. The lowest BCUT2D eigenvalue weighted by molar-refractivity contribution is -0.384. The van der Waals surface area contributed by atoms with E-state index in [1.165, 1.54) is 6.07 Å². The molecular weight excluding hydrogens is 218 g/mol. The van der Waals surface area contributed by atoms with E-state index in [0.29, 0.717) is 6.54 Å². The Balaban J connectivity index is 2.72. The van der Waals surface area contributed by atoms with Gasteiger partial charge in [0.1, 0.15) is 0 Å². The summed E-state index contributed by atoms with van der Waals surface area (Å²) in [5, 5.41) is 13.9. The van der Waals surface area contributed by atoms with E-state index < -0.39 is 0 Å². The minimum Gasteiger partial charge on any atom is -0.324 e. The van der Waals surface area contributed by atoms with E-state index in [9.17, 15) is 10.1 Å². The number of hydrogen-bond acceptors (Lipinski definition) is 4. The minimum atomic E-state index is -0.386. The number of nitrogens with two attached hydrogens (primary N) is 1. The predicted molar refractivity (Wildman–Crippen MR) is 67.8 cm³/mol. The molecule has 1 aromatic rings. The maximum Gasteiger partial charge on any atom is 0.269 e. The third-order valence-electron chi connectivity index (χ3n) is 2.44. The van der Waals surface area contributed by atoms with Crippen LogP contribution in [0.25, 0.3) is 0 Å². The van der Waals surface area contributed by atoms with Crippen LogP contribution in [0.1, 0.15) is 32.4 Å². The lowest BCUT2D eigenvalue weighted by Gasteiger charge is -2.22. The van der Waals surface area contributed by atoms with Gasteiger partial charge in [0.15, 0.2) is 0 Å². The van der Waals surface area contributed by atoms with Gasteiger partial charge in [-0.05, 0) is 26.3 Å². The molecule has 1 aromatic carbocycles. The summed E-state index contributed by atoms with van der Waals surface area (Å²) in [6, 6.07) is 6.68. The van der Waals surface area contributed by atoms with Crippen molar-refractivity contribution in [2.45, 2.75) is 32.4 Å². The quantitative estimate of drug-likeness (QED) is 0.606. The van der Waals surface area contributed by atoms with Gasteiger partial charge in [-0.2, -0.15) is 0 Å². The molecule has 0 saturated carbocycles. The Morgan fingerprint density at radius 1 is 1.53 bits per heavy atom. The highest BCUT2D eigenvalue weighted by atomic mass is 16.6. The van der Waals surface area contributed by atoms with E-state index in [0.717, 1.165) is 5.56 Å². The topological polar surface area (TPSA) is 81.2 Å². The SMILES string of the molecule is CC(NCC(C)(C)N)c1cccc([N+](=O)[O-])c1. The summed E-state index contributed by atoms with van der Waals surface area (Å²) < 4.78 is 0. The van der Waals surface area contributed by atoms with Gasteiger partial charge in [0.25, 0.3) is 5.69 Å². The Labute approximate surface area is 101 Å². The molecule has 3 N–H and O–H groups in total. The zero-order valence-corrected chi connectivity index (χ0v) is 10.4. The number of nitrogens with zero attached hydrogens (tertiary/aromatic N) is 1. The predicted octanol–water partition coefficient (Wildman–Crippen LogP) is 1.98. The second-order valence-electron chi connectivity index (χ2n) is 4.94. The smallest absolute Gasteiger partial charge is 0.269 e. The van der Waals surface area contributed by atoms with Crippen molar-refractivity contribution in [2.75, 3.05) is 6.54 Å². The van der Waals surface area contributed by atoms with Crippen LogP contribution >= 0.6 is 0 Å². The maximum absolute atomic E-state index is 10.7. The highest BCUT2D eigenvalue weighted by molar-refractivity contribution is 5.35. The third-order valence-corrected chi connectivity index (χ3v) is 2.44. The number of rotatable bonds is 5. The molecule has 1 unspecified atom stereocenters. The van der Waals surface area contributed by atoms with Gasteiger partial charge in [-0.1, -0.05) is 12.1 Å². The minimum absolute atomic E-state index is 0.0396. The summed E-state index contributed by atoms with van der Waals surface area (Å²) in [6.45, 7) is 6.47. The van der Waals surface area contributed by atoms with Crippen molar-refractivity contribution in [3.63, 3.8) is 0 Å². The van der Waals surface area contributed by atoms with Crippen LogP contribution in [0.5, 0.6) is 0 Å². The van der Waals surface area contributed by atoms with Gasteiger partial charge in [0, 0.05) is 30.3 Å². The molecule has 0 aliphatic rings. The molecule has 1 atom stereocenters. The summed E-state index contributed by atoms with van der Waals surface area (Å²) in [6.07, 6.45) is 0. The van der Waals surface area contributed by atoms with E-state index in [-0.39, 0.29) is 22.2 Å². The fourth-order valence-electron chi connectivity index (χ4n) is 1.44. The molecule has 1 rings (SSSR count). The molecule has 0 fully saturated rings. The van der Waals surface area contributed by atoms with Crippen molar-refractivity contribution in [3.05, 3.63) is 39.9 Å². The van der Waals surface area contributed by atoms with Crippen molar-refractivity contribution in [1.82, 2.24) is 5.32 Å². The first-order valence-electron chi connectivity index (χ1n) is 5.56. The van der Waals surface area contributed by atoms with Crippen molar-refractivity contribution < 1.29 is 4.92 Å². The number of non-ortho nitro benzene ring substituents is 1. The van der Waals surface area contributed by atoms with Crippen LogP contribution in [0.2, 0.25) is 0 Å². The van der Waals surface area contributed by atoms with E-state index in [4.69, 9.17) is 5.73 Å². The molecule has 94 valence electrons. The van der Waals surface area contributed by atoms with Crippen molar-refractivity contribution in [3.8, 4) is 0 Å². The molecule has 0 radical (unpaired) electrons. The van der Waals surface area contributed by atoms with Crippen molar-refractivity contribution in [2.24, 2.45) is 5.73 Å². The third kappa shape index (κ3) is 4.50. The fourth-order valence-corrected chi connectivity index (χ4v) is 1.44. The Hall–Kier alpha value is -1.46. The maximum atomic E-state index is 10.7. The zero-order chi connectivity index (χ0) is 13.1. The van der Waals surface area contributed by atoms with Crippen LogP contribution in [0.4, 0.5) is 5.69 Å². The number of nitro benzene ring substituents is 1. The molecule has 0 spiro atoms. The first kappa shape index (κ1) is 13.6. The Morgan fingerprint density at radius 3 is 2.71 bits per heavy atom. The molecular formula is C12H19N3O2. The van der Waals surface area contributed by atoms with Gasteiger partial charge in [-0.25, -0.2) is 0 Å². The molecule has 0 amide bonds. The summed E-state index contributed by atoms with van der Waals surface area (Å²) in [7, 11) is 0. The number of nitro groups is 1. The summed E-state index contributed by atoms with van der Waals surface area (Å²) >= 11 is 0. The molecule has 5 nitrogen and oxygen atoms in total. The van der Waals surface area contributed by atoms with Crippen LogP contribution in [-0.4, -0.2) is 17.0 Å². The van der Waals surface area contributed by atoms with Crippen LogP contribution < -0.4 is 11.1 Å². The molecule has 0 aromatic heterocycles. The van der Waals surface area contributed by atoms with Crippen LogP contribution in [0.15, 0.2) is 24.3 Å². The second kappa shape index (κ2) is 5.25. The van der Waals surface area contributed by atoms with Crippen LogP contribution in [-0.2, 0) is 0 Å². The molecule has 0 aliphatic heterocycles. The molecule has 0 aliphatic carbocycles. The first-order valence-corrected chi connectivity index (χ1v) is 5.56. The van der Waals surface area contributed by atoms with Gasteiger partial charge >= 0.3 is 0 Å². The lowest BCUT2D eigenvalue weighted by atomic mass is 10.0. The highest BCUT2D eigenvalue weighted by Gasteiger charge is 2.14. The summed E-state index contributed by atoms with van der Waals surface area (Å²) in [5.41, 5.74) is 6.58. The monoisotopic (exact) mass is 237 g/mol. The van der Waals surface area contributed by atoms with Crippen LogP contribution in [0.3, 0.4) is 0 Å². The molecule has 0 saturated heterocycles. The van der Waals surface area contributed by atoms with E-state index in [1.807, 2.05) is 26.8 Å². The van der Waals surface area contributed by atoms with E-state index in [2.05, 4.69) is 5.32 Å². The van der Waals surface area contributed by atoms with Gasteiger partial charge < -0.3 is 11.1 Å². The second-order valence-corrected chi connectivity index (χ2v) is 4.94. The molecule has 17 heavy (non-hydrogen) atoms. The Morgan fingerprint density at radius 2 is 2.18 bits per heavy atom. The highest BCUT2D eigenvalue weighted by Crippen LogP contribution is 2.19. The van der Waals surface area contributed by atoms with E-state index in [1.54, 1.807) is 12.1 Å². The molecule has 5 heteroatoms. The van der Waals surface area contributed by atoms with Crippen molar-refractivity contribution in [1.29, 1.82) is 0 Å². The normalized spacial score (nSPS) is 13.4. The van der Waals surface area contributed by atoms with Gasteiger partial charge in [0.2, 0.25) is 0 Å². The number of benzene rings is 1. The van der Waals surface area contributed by atoms with Gasteiger partial charge in [-0.3, -0.25) is 10.1 Å². The van der Waals surface area contributed by atoms with Crippen molar-refractivity contribution >= 4 is 5.69 Å². The average molecular weight is 237 g/mol.